The number of allylic oxidation sites excluding steroid dienone is 2. The number of nitrogens with zero attached hydrogens (tertiary/aromatic N) is 2. The van der Waals surface area contributed by atoms with Crippen LogP contribution < -0.4 is 0 Å². The second kappa shape index (κ2) is 10.2. The molecule has 6 heteroatoms. The third kappa shape index (κ3) is 5.47. The monoisotopic (exact) mass is 421 g/mol. The fraction of sp³-hybridized carbons (Fsp3) is 0.280. The molecule has 0 aliphatic rings. The summed E-state index contributed by atoms with van der Waals surface area (Å²) >= 11 is 0. The summed E-state index contributed by atoms with van der Waals surface area (Å²) in [5.74, 6) is -0.390. The Morgan fingerprint density at radius 1 is 1.26 bits per heavy atom. The van der Waals surface area contributed by atoms with Crippen molar-refractivity contribution in [2.24, 2.45) is 0 Å². The molecule has 2 heterocycles. The first-order chi connectivity index (χ1) is 14.9. The zero-order valence-electron chi connectivity index (χ0n) is 18.4. The van der Waals surface area contributed by atoms with E-state index >= 15 is 0 Å². The van der Waals surface area contributed by atoms with Gasteiger partial charge in [-0.05, 0) is 31.9 Å². The first kappa shape index (κ1) is 22.4. The second-order valence-electron chi connectivity index (χ2n) is 7.47. The number of halogens is 1. The van der Waals surface area contributed by atoms with E-state index in [2.05, 4.69) is 9.97 Å². The summed E-state index contributed by atoms with van der Waals surface area (Å²) in [7, 11) is 3.38. The van der Waals surface area contributed by atoms with Crippen LogP contribution in [0.15, 0.2) is 60.2 Å². The van der Waals surface area contributed by atoms with Gasteiger partial charge in [-0.3, -0.25) is 4.79 Å². The fourth-order valence-electron chi connectivity index (χ4n) is 3.33. The van der Waals surface area contributed by atoms with Gasteiger partial charge < -0.3 is 14.6 Å². The number of carbonyl (C=O) groups excluding carboxylic acids is 1. The average Bonchev–Trinajstić information content (AvgIpc) is 3.13. The van der Waals surface area contributed by atoms with Gasteiger partial charge in [0, 0.05) is 43.6 Å². The van der Waals surface area contributed by atoms with Gasteiger partial charge in [-0.1, -0.05) is 42.5 Å². The predicted molar refractivity (Wildman–Crippen MR) is 122 cm³/mol. The van der Waals surface area contributed by atoms with E-state index in [4.69, 9.17) is 4.74 Å². The number of fused-ring (bicyclic) bond motifs is 1. The second-order valence-corrected chi connectivity index (χ2v) is 7.47. The Bertz CT molecular complexity index is 1110. The van der Waals surface area contributed by atoms with E-state index in [9.17, 15) is 9.18 Å². The number of pyridine rings is 1. The van der Waals surface area contributed by atoms with Crippen LogP contribution in [0.3, 0.4) is 0 Å². The predicted octanol–water partition coefficient (Wildman–Crippen LogP) is 4.83. The van der Waals surface area contributed by atoms with Crippen LogP contribution in [0.1, 0.15) is 18.2 Å². The summed E-state index contributed by atoms with van der Waals surface area (Å²) in [4.78, 5) is 21.7. The summed E-state index contributed by atoms with van der Waals surface area (Å²) in [6.07, 6.45) is 6.26. The topological polar surface area (TPSA) is 58.2 Å². The van der Waals surface area contributed by atoms with E-state index in [0.29, 0.717) is 36.4 Å². The van der Waals surface area contributed by atoms with Gasteiger partial charge in [0.15, 0.2) is 5.82 Å². The molecular weight excluding hydrogens is 393 g/mol. The summed E-state index contributed by atoms with van der Waals surface area (Å²) in [5, 5.41) is 0. The number of aromatic amines is 1. The van der Waals surface area contributed by atoms with Crippen molar-refractivity contribution in [2.75, 3.05) is 27.3 Å². The van der Waals surface area contributed by atoms with Crippen LogP contribution in [-0.4, -0.2) is 48.1 Å². The van der Waals surface area contributed by atoms with Gasteiger partial charge in [0.25, 0.3) is 5.91 Å². The van der Waals surface area contributed by atoms with Crippen molar-refractivity contribution in [1.29, 1.82) is 0 Å². The molecule has 0 radical (unpaired) electrons. The first-order valence-electron chi connectivity index (χ1n) is 10.3. The molecule has 0 aliphatic carbocycles. The molecule has 1 amide bonds. The molecule has 0 saturated carbocycles. The van der Waals surface area contributed by atoms with E-state index in [0.717, 1.165) is 22.3 Å². The van der Waals surface area contributed by atoms with Gasteiger partial charge in [-0.15, -0.1) is 0 Å². The Hall–Kier alpha value is -3.25. The highest BCUT2D eigenvalue weighted by molar-refractivity contribution is 5.95. The molecule has 162 valence electrons. The van der Waals surface area contributed by atoms with Crippen LogP contribution in [0.25, 0.3) is 22.3 Å². The van der Waals surface area contributed by atoms with E-state index < -0.39 is 0 Å². The van der Waals surface area contributed by atoms with Crippen molar-refractivity contribution in [2.45, 2.75) is 20.3 Å². The Morgan fingerprint density at radius 3 is 2.68 bits per heavy atom. The molecule has 0 fully saturated rings. The molecule has 0 saturated heterocycles. The molecule has 1 N–H and O–H groups in total. The highest BCUT2D eigenvalue weighted by Crippen LogP contribution is 2.25. The van der Waals surface area contributed by atoms with Gasteiger partial charge in [-0.2, -0.15) is 0 Å². The minimum absolute atomic E-state index is 0.0388. The summed E-state index contributed by atoms with van der Waals surface area (Å²) in [5.41, 5.74) is 5.17. The Balaban J connectivity index is 1.68. The van der Waals surface area contributed by atoms with Crippen LogP contribution in [-0.2, 0) is 16.0 Å². The molecule has 3 rings (SSSR count). The number of rotatable bonds is 8. The first-order valence-corrected chi connectivity index (χ1v) is 10.3. The minimum Gasteiger partial charge on any atom is -0.383 e. The van der Waals surface area contributed by atoms with Crippen LogP contribution in [0, 0.1) is 12.7 Å². The molecule has 2 aromatic heterocycles. The van der Waals surface area contributed by atoms with Gasteiger partial charge >= 0.3 is 0 Å². The number of likely N-dealkylation sites (N-methyl/N-ethyl adjacent to an activating group) is 1. The van der Waals surface area contributed by atoms with E-state index in [1.807, 2.05) is 56.3 Å². The largest absolute Gasteiger partial charge is 0.383 e. The number of nitrogens with one attached hydrogen (secondary N) is 1. The quantitative estimate of drug-likeness (QED) is 0.419. The maximum absolute atomic E-state index is 14.5. The number of hydrogen-bond acceptors (Lipinski definition) is 3. The summed E-state index contributed by atoms with van der Waals surface area (Å²) in [6, 6.07) is 11.1. The smallest absolute Gasteiger partial charge is 0.253 e. The van der Waals surface area contributed by atoms with Crippen LogP contribution in [0.5, 0.6) is 0 Å². The molecule has 0 bridgehead atoms. The van der Waals surface area contributed by atoms with Gasteiger partial charge in [0.05, 0.1) is 17.6 Å². The number of amides is 1. The molecule has 1 aromatic carbocycles. The van der Waals surface area contributed by atoms with Crippen LogP contribution in [0.4, 0.5) is 4.39 Å². The number of carbonyl (C=O) groups is 1. The lowest BCUT2D eigenvalue weighted by Gasteiger charge is -2.17. The summed E-state index contributed by atoms with van der Waals surface area (Å²) in [6.45, 7) is 4.81. The van der Waals surface area contributed by atoms with Crippen molar-refractivity contribution in [3.63, 3.8) is 0 Å². The normalized spacial score (nSPS) is 12.1. The van der Waals surface area contributed by atoms with Crippen molar-refractivity contribution in [3.8, 4) is 11.3 Å². The molecule has 0 spiro atoms. The number of hydrogen-bond donors (Lipinski definition) is 1. The number of benzene rings is 1. The van der Waals surface area contributed by atoms with Gasteiger partial charge in [-0.25, -0.2) is 9.37 Å². The minimum atomic E-state index is -0.351. The Labute approximate surface area is 182 Å². The third-order valence-electron chi connectivity index (χ3n) is 5.10. The average molecular weight is 422 g/mol. The zero-order valence-corrected chi connectivity index (χ0v) is 18.4. The lowest BCUT2D eigenvalue weighted by atomic mass is 10.0. The van der Waals surface area contributed by atoms with Crippen molar-refractivity contribution in [1.82, 2.24) is 14.9 Å². The third-order valence-corrected chi connectivity index (χ3v) is 5.10. The number of H-pyrrole nitrogens is 1. The molecular formula is C25H28FN3O2. The van der Waals surface area contributed by atoms with Gasteiger partial charge in [0.2, 0.25) is 0 Å². The van der Waals surface area contributed by atoms with E-state index in [1.54, 1.807) is 25.1 Å². The lowest BCUT2D eigenvalue weighted by Crippen LogP contribution is -2.30. The number of aryl methyl sites for hydroxylation is 1. The lowest BCUT2D eigenvalue weighted by molar-refractivity contribution is -0.126. The Kier molecular flexibility index (Phi) is 7.36. The van der Waals surface area contributed by atoms with Gasteiger partial charge in [0.1, 0.15) is 5.69 Å². The maximum Gasteiger partial charge on any atom is 0.253 e. The molecule has 31 heavy (non-hydrogen) atoms. The molecule has 0 unspecified atom stereocenters. The van der Waals surface area contributed by atoms with Crippen LogP contribution >= 0.6 is 0 Å². The highest BCUT2D eigenvalue weighted by atomic mass is 19.1. The number of methoxy groups -OCH3 is 1. The van der Waals surface area contributed by atoms with Crippen molar-refractivity contribution >= 4 is 16.9 Å². The SMILES string of the molecule is C/C=C(\C=C/Cc1ccc(-c2nc3cc(C)[nH]c3cc2F)cc1)C(=O)N(C)CCOC. The highest BCUT2D eigenvalue weighted by Gasteiger charge is 2.12. The summed E-state index contributed by atoms with van der Waals surface area (Å²) < 4.78 is 19.5. The number of aromatic nitrogens is 2. The molecule has 0 aliphatic heterocycles. The zero-order chi connectivity index (χ0) is 22.4. The molecule has 0 atom stereocenters. The van der Waals surface area contributed by atoms with Crippen LogP contribution in [0.2, 0.25) is 0 Å². The van der Waals surface area contributed by atoms with Crippen molar-refractivity contribution < 1.29 is 13.9 Å². The maximum atomic E-state index is 14.5. The molecule has 5 nitrogen and oxygen atoms in total. The number of ether oxygens (including phenoxy) is 1. The van der Waals surface area contributed by atoms with E-state index in [1.165, 1.54) is 6.07 Å². The molecule has 3 aromatic rings. The fourth-order valence-corrected chi connectivity index (χ4v) is 3.33. The van der Waals surface area contributed by atoms with Crippen molar-refractivity contribution in [3.05, 3.63) is 77.3 Å². The van der Waals surface area contributed by atoms with E-state index in [-0.39, 0.29) is 11.7 Å². The Morgan fingerprint density at radius 2 is 2.00 bits per heavy atom. The standard InChI is InChI=1S/C25H28FN3O2/c1-5-19(25(30)29(3)13-14-31-4)8-6-7-18-9-11-20(12-10-18)24-21(26)16-23-22(28-24)15-17(2)27-23/h5-6,8-12,15-16,27H,7,13-14H2,1-4H3/b8-6-,19-5+.